The highest BCUT2D eigenvalue weighted by atomic mass is 35.5. The summed E-state index contributed by atoms with van der Waals surface area (Å²) in [7, 11) is -8.21. The highest BCUT2D eigenvalue weighted by Crippen LogP contribution is 2.33. The maximum Gasteiger partial charge on any atom is 0.426 e. The molecule has 0 fully saturated rings. The predicted molar refractivity (Wildman–Crippen MR) is 105 cm³/mol. The van der Waals surface area contributed by atoms with Crippen LogP contribution >= 0.6 is 11.6 Å². The summed E-state index contributed by atoms with van der Waals surface area (Å²) in [6.07, 6.45) is -5.25. The largest absolute Gasteiger partial charge is 0.426 e. The van der Waals surface area contributed by atoms with Crippen molar-refractivity contribution in [2.24, 2.45) is 5.14 Å². The molecule has 2 rings (SSSR count). The second kappa shape index (κ2) is 8.27. The van der Waals surface area contributed by atoms with Gasteiger partial charge in [-0.3, -0.25) is 9.52 Å². The number of sulfonamides is 2. The van der Waals surface area contributed by atoms with E-state index in [1.807, 2.05) is 0 Å². The Labute approximate surface area is 180 Å². The third kappa shape index (κ3) is 5.65. The van der Waals surface area contributed by atoms with Gasteiger partial charge in [-0.15, -0.1) is 0 Å². The lowest BCUT2D eigenvalue weighted by atomic mass is 10.1. The normalized spacial score (nSPS) is 14.5. The van der Waals surface area contributed by atoms with Gasteiger partial charge in [-0.1, -0.05) is 11.6 Å². The molecule has 0 heterocycles. The molecule has 2 aromatic rings. The van der Waals surface area contributed by atoms with Crippen molar-refractivity contribution in [1.29, 1.82) is 0 Å². The van der Waals surface area contributed by atoms with Gasteiger partial charge >= 0.3 is 6.18 Å². The number of benzene rings is 2. The van der Waals surface area contributed by atoms with Crippen molar-refractivity contribution in [1.82, 2.24) is 0 Å². The van der Waals surface area contributed by atoms with Crippen LogP contribution in [0.4, 0.5) is 24.5 Å². The monoisotopic (exact) mass is 501 g/mol. The van der Waals surface area contributed by atoms with Gasteiger partial charge in [0.05, 0.1) is 20.5 Å². The Morgan fingerprint density at radius 3 is 2.00 bits per heavy atom. The molecule has 0 spiro atoms. The number of carbonyl (C=O) groups excluding carboxylic acids is 1. The number of carbonyl (C=O) groups is 1. The number of hydrogen-bond donors (Lipinski definition) is 4. The fourth-order valence-electron chi connectivity index (χ4n) is 2.06. The van der Waals surface area contributed by atoms with Gasteiger partial charge < -0.3 is 10.4 Å². The molecule has 0 aliphatic rings. The molecular weight excluding hydrogens is 487 g/mol. The maximum atomic E-state index is 12.7. The Bertz CT molecular complexity index is 1210. The summed E-state index contributed by atoms with van der Waals surface area (Å²) in [5.74, 6) is -1.81. The number of primary sulfonamides is 1. The Morgan fingerprint density at radius 1 is 1.03 bits per heavy atom. The van der Waals surface area contributed by atoms with E-state index in [9.17, 15) is 39.9 Å². The molecule has 0 saturated carbocycles. The van der Waals surface area contributed by atoms with Crippen LogP contribution in [0.5, 0.6) is 0 Å². The van der Waals surface area contributed by atoms with Crippen molar-refractivity contribution in [3.05, 3.63) is 47.5 Å². The van der Waals surface area contributed by atoms with Crippen molar-refractivity contribution in [3.8, 4) is 0 Å². The number of anilines is 2. The van der Waals surface area contributed by atoms with Gasteiger partial charge in [0.1, 0.15) is 0 Å². The maximum absolute atomic E-state index is 12.7. The lowest BCUT2D eigenvalue weighted by molar-refractivity contribution is -0.242. The summed E-state index contributed by atoms with van der Waals surface area (Å²) in [5, 5.41) is 15.7. The number of nitrogens with one attached hydrogen (secondary N) is 2. The molecule has 0 aliphatic carbocycles. The van der Waals surface area contributed by atoms with E-state index in [1.165, 1.54) is 0 Å². The molecule has 0 unspecified atom stereocenters. The second-order valence-electron chi connectivity index (χ2n) is 6.34. The van der Waals surface area contributed by atoms with E-state index >= 15 is 0 Å². The molecule has 0 aromatic heterocycles. The van der Waals surface area contributed by atoms with Crippen molar-refractivity contribution >= 4 is 48.9 Å². The predicted octanol–water partition coefficient (Wildman–Crippen LogP) is 2.04. The summed E-state index contributed by atoms with van der Waals surface area (Å²) < 4.78 is 87.7. The molecule has 9 nitrogen and oxygen atoms in total. The fourth-order valence-corrected chi connectivity index (χ4v) is 3.96. The zero-order chi connectivity index (χ0) is 23.8. The third-order valence-electron chi connectivity index (χ3n) is 3.93. The summed E-state index contributed by atoms with van der Waals surface area (Å²) in [6.45, 7) is 0.250. The minimum atomic E-state index is -5.25. The van der Waals surface area contributed by atoms with E-state index in [0.29, 0.717) is 0 Å². The van der Waals surface area contributed by atoms with Crippen LogP contribution in [-0.4, -0.2) is 39.6 Å². The van der Waals surface area contributed by atoms with Crippen molar-refractivity contribution in [2.75, 3.05) is 10.0 Å². The van der Waals surface area contributed by atoms with E-state index in [1.54, 1.807) is 5.32 Å². The van der Waals surface area contributed by atoms with Gasteiger partial charge in [-0.05, 0) is 49.4 Å². The van der Waals surface area contributed by atoms with E-state index < -0.39 is 47.6 Å². The Kier molecular flexibility index (Phi) is 6.64. The molecular formula is C16H15ClF3N3O6S2. The number of aliphatic hydroxyl groups is 1. The average molecular weight is 502 g/mol. The zero-order valence-corrected chi connectivity index (χ0v) is 17.8. The first-order chi connectivity index (χ1) is 13.9. The molecule has 2 aromatic carbocycles. The first kappa shape index (κ1) is 24.9. The Hall–Kier alpha value is -2.39. The van der Waals surface area contributed by atoms with Crippen LogP contribution in [0.3, 0.4) is 0 Å². The summed E-state index contributed by atoms with van der Waals surface area (Å²) in [5.41, 5.74) is -4.08. The number of amides is 1. The van der Waals surface area contributed by atoms with Crippen LogP contribution < -0.4 is 15.2 Å². The van der Waals surface area contributed by atoms with Gasteiger partial charge in [-0.25, -0.2) is 22.0 Å². The first-order valence-corrected chi connectivity index (χ1v) is 11.4. The third-order valence-corrected chi connectivity index (χ3v) is 6.55. The van der Waals surface area contributed by atoms with Crippen molar-refractivity contribution < 1.29 is 39.9 Å². The number of hydrogen-bond acceptors (Lipinski definition) is 6. The molecule has 15 heteroatoms. The van der Waals surface area contributed by atoms with Crippen LogP contribution in [0.15, 0.2) is 52.3 Å². The van der Waals surface area contributed by atoms with Crippen molar-refractivity contribution in [2.45, 2.75) is 28.5 Å². The molecule has 170 valence electrons. The van der Waals surface area contributed by atoms with Crippen LogP contribution in [-0.2, 0) is 24.8 Å². The highest BCUT2D eigenvalue weighted by molar-refractivity contribution is 7.92. The number of alkyl halides is 3. The quantitative estimate of drug-likeness (QED) is 0.474. The first-order valence-electron chi connectivity index (χ1n) is 8.01. The lowest BCUT2D eigenvalue weighted by Crippen LogP contribution is -2.52. The second-order valence-corrected chi connectivity index (χ2v) is 9.99. The summed E-state index contributed by atoms with van der Waals surface area (Å²) >= 11 is 5.87. The standard InChI is InChI=1S/C16H15ClF3N3O6S2/c1-15(25,16(18,19)20)14(24)22-13-7-6-11(8-12(13)17)31(28,29)23-9-2-4-10(5-3-9)30(21,26)27/h2-8,23,25H,1H3,(H,22,24)(H2,21,26,27)/t15-/m0/s1. The number of nitrogens with two attached hydrogens (primary N) is 1. The molecule has 0 radical (unpaired) electrons. The van der Waals surface area contributed by atoms with E-state index in [2.05, 4.69) is 4.72 Å². The van der Waals surface area contributed by atoms with Gasteiger partial charge in [0, 0.05) is 5.69 Å². The van der Waals surface area contributed by atoms with E-state index in [-0.39, 0.29) is 23.2 Å². The summed E-state index contributed by atoms with van der Waals surface area (Å²) in [6, 6.07) is 7.19. The molecule has 31 heavy (non-hydrogen) atoms. The Morgan fingerprint density at radius 2 is 1.55 bits per heavy atom. The molecule has 5 N–H and O–H groups in total. The fraction of sp³-hybridized carbons (Fsp3) is 0.188. The van der Waals surface area contributed by atoms with E-state index in [4.69, 9.17) is 16.7 Å². The summed E-state index contributed by atoms with van der Waals surface area (Å²) in [4.78, 5) is 11.1. The van der Waals surface area contributed by atoms with Crippen LogP contribution in [0.2, 0.25) is 5.02 Å². The highest BCUT2D eigenvalue weighted by Gasteiger charge is 2.55. The van der Waals surface area contributed by atoms with Crippen LogP contribution in [0, 0.1) is 0 Å². The van der Waals surface area contributed by atoms with Gasteiger partial charge in [-0.2, -0.15) is 13.2 Å². The molecule has 0 aliphatic heterocycles. The minimum Gasteiger partial charge on any atom is -0.373 e. The zero-order valence-electron chi connectivity index (χ0n) is 15.4. The van der Waals surface area contributed by atoms with Crippen molar-refractivity contribution in [3.63, 3.8) is 0 Å². The lowest BCUT2D eigenvalue weighted by Gasteiger charge is -2.25. The van der Waals surface area contributed by atoms with E-state index in [0.717, 1.165) is 42.5 Å². The molecule has 1 amide bonds. The Balaban J connectivity index is 2.24. The van der Waals surface area contributed by atoms with Gasteiger partial charge in [0.2, 0.25) is 15.6 Å². The number of rotatable bonds is 6. The number of halogens is 4. The minimum absolute atomic E-state index is 0.0119. The molecule has 0 bridgehead atoms. The molecule has 1 atom stereocenters. The molecule has 0 saturated heterocycles. The van der Waals surface area contributed by atoms with Crippen LogP contribution in [0.25, 0.3) is 0 Å². The average Bonchev–Trinajstić information content (AvgIpc) is 2.61. The smallest absolute Gasteiger partial charge is 0.373 e. The van der Waals surface area contributed by atoms with Gasteiger partial charge in [0.25, 0.3) is 15.9 Å². The van der Waals surface area contributed by atoms with Crippen LogP contribution in [0.1, 0.15) is 6.92 Å². The van der Waals surface area contributed by atoms with Gasteiger partial charge in [0.15, 0.2) is 0 Å². The topological polar surface area (TPSA) is 156 Å². The SMILES string of the molecule is C[C@](O)(C(=O)Nc1ccc(S(=O)(=O)Nc2ccc(S(N)(=O)=O)cc2)cc1Cl)C(F)(F)F.